The molecule has 1 aliphatic carbocycles. The maximum atomic E-state index is 6.60. The fraction of sp³-hybridized carbons (Fsp3) is 0.312. The maximum Gasteiger partial charge on any atom is 0.231 e. The first-order chi connectivity index (χ1) is 16.7. The molecule has 3 heteroatoms. The fourth-order valence-electron chi connectivity index (χ4n) is 5.97. The van der Waals surface area contributed by atoms with Crippen molar-refractivity contribution in [1.29, 1.82) is 0 Å². The van der Waals surface area contributed by atoms with E-state index in [4.69, 9.17) is 4.42 Å². The molecule has 35 heavy (non-hydrogen) atoms. The van der Waals surface area contributed by atoms with Crippen LogP contribution in [0.15, 0.2) is 71.5 Å². The van der Waals surface area contributed by atoms with E-state index < -0.39 is 0 Å². The van der Waals surface area contributed by atoms with Crippen molar-refractivity contribution >= 4 is 21.9 Å². The van der Waals surface area contributed by atoms with Crippen LogP contribution in [0.3, 0.4) is 0 Å². The molecule has 176 valence electrons. The van der Waals surface area contributed by atoms with E-state index in [1.165, 1.54) is 40.7 Å². The molecule has 0 atom stereocenters. The monoisotopic (exact) mass is 461 g/mol. The van der Waals surface area contributed by atoms with Gasteiger partial charge in [-0.05, 0) is 58.9 Å². The van der Waals surface area contributed by atoms with Gasteiger partial charge in [-0.3, -0.25) is 4.98 Å². The summed E-state index contributed by atoms with van der Waals surface area (Å²) in [5.41, 5.74) is 11.1. The number of aryl methyl sites for hydroxylation is 2. The number of fused-ring (bicyclic) bond motifs is 4. The molecule has 0 amide bonds. The normalized spacial score (nSPS) is 16.5. The van der Waals surface area contributed by atoms with Crippen LogP contribution in [0.25, 0.3) is 44.3 Å². The summed E-state index contributed by atoms with van der Waals surface area (Å²) in [5.74, 6) is 0. The second-order valence-corrected chi connectivity index (χ2v) is 11.5. The lowest BCUT2D eigenvalue weighted by molar-refractivity contribution is -0.660. The average Bonchev–Trinajstić information content (AvgIpc) is 3.21. The summed E-state index contributed by atoms with van der Waals surface area (Å²) < 4.78 is 8.73. The standard InChI is InChI=1S/C32H33N2O/c1-20-10-13-27-29(28(20)26-19-33-16-17-34(26)6)23-9-7-8-22(30(23)35-27)21-11-12-24-25(18-21)32(4,5)15-14-31(24,2)3/h7-13,16-19H,14-15H2,1-6H3/q+1. The first kappa shape index (κ1) is 22.0. The zero-order valence-electron chi connectivity index (χ0n) is 21.6. The van der Waals surface area contributed by atoms with E-state index in [1.807, 2.05) is 18.6 Å². The summed E-state index contributed by atoms with van der Waals surface area (Å²) in [5, 5.41) is 2.31. The maximum absolute atomic E-state index is 6.60. The van der Waals surface area contributed by atoms with Gasteiger partial charge in [0.25, 0.3) is 0 Å². The Labute approximate surface area is 207 Å². The van der Waals surface area contributed by atoms with Gasteiger partial charge in [-0.1, -0.05) is 70.2 Å². The van der Waals surface area contributed by atoms with Gasteiger partial charge in [0, 0.05) is 16.3 Å². The van der Waals surface area contributed by atoms with Crippen LogP contribution in [0, 0.1) is 6.92 Å². The van der Waals surface area contributed by atoms with E-state index in [-0.39, 0.29) is 10.8 Å². The van der Waals surface area contributed by atoms with Crippen molar-refractivity contribution in [3.63, 3.8) is 0 Å². The summed E-state index contributed by atoms with van der Waals surface area (Å²) in [6.07, 6.45) is 8.19. The van der Waals surface area contributed by atoms with Crippen molar-refractivity contribution in [2.75, 3.05) is 0 Å². The van der Waals surface area contributed by atoms with Crippen molar-refractivity contribution in [2.24, 2.45) is 7.05 Å². The van der Waals surface area contributed by atoms with Gasteiger partial charge in [0.2, 0.25) is 5.69 Å². The van der Waals surface area contributed by atoms with Gasteiger partial charge in [0.15, 0.2) is 6.20 Å². The van der Waals surface area contributed by atoms with Gasteiger partial charge in [-0.15, -0.1) is 0 Å². The van der Waals surface area contributed by atoms with Crippen molar-refractivity contribution < 1.29 is 8.98 Å². The fourth-order valence-corrected chi connectivity index (χ4v) is 5.97. The Kier molecular flexibility index (Phi) is 4.73. The van der Waals surface area contributed by atoms with Gasteiger partial charge in [0.05, 0.1) is 18.0 Å². The Bertz CT molecular complexity index is 1620. The van der Waals surface area contributed by atoms with E-state index in [1.54, 1.807) is 0 Å². The van der Waals surface area contributed by atoms with Gasteiger partial charge >= 0.3 is 0 Å². The SMILES string of the molecule is Cc1ccc2oc3c(-c4ccc5c(c4)C(C)(C)CCC5(C)C)cccc3c2c1-c1cncc[n+]1C. The third-order valence-electron chi connectivity index (χ3n) is 8.24. The highest BCUT2D eigenvalue weighted by atomic mass is 16.3. The Hall–Kier alpha value is -3.46. The Morgan fingerprint density at radius 3 is 2.46 bits per heavy atom. The van der Waals surface area contributed by atoms with Crippen LogP contribution >= 0.6 is 0 Å². The van der Waals surface area contributed by atoms with Crippen LogP contribution in [0.2, 0.25) is 0 Å². The minimum Gasteiger partial charge on any atom is -0.455 e. The first-order valence-corrected chi connectivity index (χ1v) is 12.6. The third-order valence-corrected chi connectivity index (χ3v) is 8.24. The summed E-state index contributed by atoms with van der Waals surface area (Å²) in [6, 6.07) is 17.9. The number of hydrogen-bond donors (Lipinski definition) is 0. The predicted molar refractivity (Wildman–Crippen MR) is 144 cm³/mol. The lowest BCUT2D eigenvalue weighted by Crippen LogP contribution is -2.33. The Morgan fingerprint density at radius 2 is 1.69 bits per heavy atom. The molecule has 3 nitrogen and oxygen atoms in total. The molecule has 2 aromatic heterocycles. The highest BCUT2D eigenvalue weighted by Crippen LogP contribution is 2.48. The average molecular weight is 462 g/mol. The largest absolute Gasteiger partial charge is 0.455 e. The molecule has 0 aliphatic heterocycles. The quantitative estimate of drug-likeness (QED) is 0.251. The molecule has 0 saturated carbocycles. The number of nitrogens with zero attached hydrogens (tertiary/aromatic N) is 2. The topological polar surface area (TPSA) is 29.9 Å². The van der Waals surface area contributed by atoms with E-state index >= 15 is 0 Å². The molecule has 0 fully saturated rings. The van der Waals surface area contributed by atoms with E-state index in [2.05, 4.69) is 99.7 Å². The van der Waals surface area contributed by atoms with E-state index in [9.17, 15) is 0 Å². The smallest absolute Gasteiger partial charge is 0.231 e. The number of rotatable bonds is 2. The van der Waals surface area contributed by atoms with Crippen molar-refractivity contribution in [3.05, 3.63) is 83.8 Å². The molecule has 5 aromatic rings. The molecule has 0 spiro atoms. The summed E-state index contributed by atoms with van der Waals surface area (Å²) in [4.78, 5) is 4.41. The zero-order chi connectivity index (χ0) is 24.5. The number of benzene rings is 3. The molecule has 0 N–H and O–H groups in total. The van der Waals surface area contributed by atoms with E-state index in [0.29, 0.717) is 0 Å². The summed E-state index contributed by atoms with van der Waals surface area (Å²) in [6.45, 7) is 11.7. The molecule has 0 unspecified atom stereocenters. The molecule has 0 saturated heterocycles. The zero-order valence-corrected chi connectivity index (χ0v) is 21.6. The Balaban J connectivity index is 1.63. The summed E-state index contributed by atoms with van der Waals surface area (Å²) >= 11 is 0. The molecule has 1 aliphatic rings. The lowest BCUT2D eigenvalue weighted by Gasteiger charge is -2.42. The Morgan fingerprint density at radius 1 is 0.914 bits per heavy atom. The van der Waals surface area contributed by atoms with Crippen molar-refractivity contribution in [3.8, 4) is 22.4 Å². The van der Waals surface area contributed by atoms with Gasteiger partial charge in [-0.25, -0.2) is 0 Å². The van der Waals surface area contributed by atoms with Gasteiger partial charge < -0.3 is 4.42 Å². The molecule has 3 aromatic carbocycles. The second kappa shape index (κ2) is 7.52. The minimum atomic E-state index is 0.169. The van der Waals surface area contributed by atoms with Crippen LogP contribution in [0.1, 0.15) is 57.2 Å². The second-order valence-electron chi connectivity index (χ2n) is 11.5. The number of para-hydroxylation sites is 1. The van der Waals surface area contributed by atoms with E-state index in [0.717, 1.165) is 33.2 Å². The third kappa shape index (κ3) is 3.32. The van der Waals surface area contributed by atoms with Crippen LogP contribution in [0.4, 0.5) is 0 Å². The molecule has 2 heterocycles. The predicted octanol–water partition coefficient (Wildman–Crippen LogP) is 7.80. The lowest BCUT2D eigenvalue weighted by atomic mass is 9.63. The highest BCUT2D eigenvalue weighted by molar-refractivity contribution is 6.15. The van der Waals surface area contributed by atoms with Gasteiger partial charge in [0.1, 0.15) is 18.2 Å². The molecule has 0 bridgehead atoms. The van der Waals surface area contributed by atoms with Crippen LogP contribution < -0.4 is 4.57 Å². The minimum absolute atomic E-state index is 0.169. The number of hydrogen-bond acceptors (Lipinski definition) is 2. The molecular formula is C32H33N2O+. The number of furan rings is 1. The first-order valence-electron chi connectivity index (χ1n) is 12.6. The van der Waals surface area contributed by atoms with Crippen molar-refractivity contribution in [2.45, 2.75) is 58.3 Å². The number of aromatic nitrogens is 2. The summed E-state index contributed by atoms with van der Waals surface area (Å²) in [7, 11) is 2.07. The van der Waals surface area contributed by atoms with Crippen LogP contribution in [0.5, 0.6) is 0 Å². The van der Waals surface area contributed by atoms with Crippen LogP contribution in [-0.2, 0) is 17.9 Å². The molecule has 6 rings (SSSR count). The van der Waals surface area contributed by atoms with Crippen molar-refractivity contribution in [1.82, 2.24) is 4.98 Å². The molecule has 0 radical (unpaired) electrons. The van der Waals surface area contributed by atoms with Crippen LogP contribution in [-0.4, -0.2) is 4.98 Å². The molecular weight excluding hydrogens is 428 g/mol. The highest BCUT2D eigenvalue weighted by Gasteiger charge is 2.37. The van der Waals surface area contributed by atoms with Gasteiger partial charge in [-0.2, -0.15) is 4.57 Å².